The first kappa shape index (κ1) is 33.8. The number of fused-ring (bicyclic) bond motifs is 1. The third kappa shape index (κ3) is 8.98. The third-order valence-electron chi connectivity index (χ3n) is 9.29. The number of quaternary nitrogens is 1. The van der Waals surface area contributed by atoms with Crippen molar-refractivity contribution >= 4 is 11.9 Å². The van der Waals surface area contributed by atoms with Gasteiger partial charge in [-0.1, -0.05) is 43.7 Å². The number of carbonyl (C=O) groups is 2. The molecule has 242 valence electrons. The molecule has 0 radical (unpaired) electrons. The quantitative estimate of drug-likeness (QED) is 0.196. The van der Waals surface area contributed by atoms with Gasteiger partial charge in [-0.05, 0) is 67.3 Å². The minimum atomic E-state index is -0.785. The van der Waals surface area contributed by atoms with Crippen LogP contribution < -0.4 is 9.47 Å². The summed E-state index contributed by atoms with van der Waals surface area (Å²) < 4.78 is 12.2. The fourth-order valence-electron chi connectivity index (χ4n) is 6.91. The number of nitrogens with zero attached hydrogens (tertiary/aromatic N) is 3. The molecule has 44 heavy (non-hydrogen) atoms. The average molecular weight is 609 g/mol. The van der Waals surface area contributed by atoms with Gasteiger partial charge in [-0.15, -0.1) is 0 Å². The molecular weight excluding hydrogens is 554 g/mol. The largest absolute Gasteiger partial charge is 0.496 e. The second kappa shape index (κ2) is 15.8. The third-order valence-corrected chi connectivity index (χ3v) is 9.29. The lowest BCUT2D eigenvalue weighted by Crippen LogP contribution is -2.45. The van der Waals surface area contributed by atoms with Gasteiger partial charge in [-0.2, -0.15) is 0 Å². The summed E-state index contributed by atoms with van der Waals surface area (Å²) in [5.74, 6) is 0.315. The van der Waals surface area contributed by atoms with Crippen molar-refractivity contribution in [3.05, 3.63) is 59.2 Å². The van der Waals surface area contributed by atoms with Crippen LogP contribution in [0.2, 0.25) is 0 Å². The molecular formula is C36H54N3O5+. The van der Waals surface area contributed by atoms with E-state index in [4.69, 9.17) is 9.47 Å². The Balaban J connectivity index is 1.53. The number of hydrogen-bond donors (Lipinski definition) is 1. The maximum atomic E-state index is 13.9. The lowest BCUT2D eigenvalue weighted by atomic mass is 9.83. The van der Waals surface area contributed by atoms with Gasteiger partial charge < -0.3 is 24.0 Å². The molecule has 0 saturated carbocycles. The zero-order chi connectivity index (χ0) is 31.7. The van der Waals surface area contributed by atoms with Crippen LogP contribution in [0.3, 0.4) is 0 Å². The van der Waals surface area contributed by atoms with Crippen molar-refractivity contribution in [3.8, 4) is 11.5 Å². The highest BCUT2D eigenvalue weighted by molar-refractivity contribution is 5.79. The number of amides is 1. The summed E-state index contributed by atoms with van der Waals surface area (Å²) in [5, 5.41) is 10.6. The van der Waals surface area contributed by atoms with Crippen molar-refractivity contribution in [2.45, 2.75) is 70.3 Å². The summed E-state index contributed by atoms with van der Waals surface area (Å²) in [5.41, 5.74) is 3.31. The molecule has 2 heterocycles. The number of aryl methyl sites for hydroxylation is 1. The first-order valence-electron chi connectivity index (χ1n) is 16.5. The van der Waals surface area contributed by atoms with Gasteiger partial charge in [0.1, 0.15) is 11.5 Å². The monoisotopic (exact) mass is 608 g/mol. The Labute approximate surface area is 264 Å². The second-order valence-corrected chi connectivity index (χ2v) is 13.6. The van der Waals surface area contributed by atoms with E-state index in [2.05, 4.69) is 45.1 Å². The van der Waals surface area contributed by atoms with Gasteiger partial charge in [0.25, 0.3) is 0 Å². The van der Waals surface area contributed by atoms with Gasteiger partial charge in [0.15, 0.2) is 0 Å². The normalized spacial score (nSPS) is 19.9. The molecule has 1 amide bonds. The Hall–Kier alpha value is -3.10. The standard InChI is InChI=1S/C36H53N3O5/c1-6-7-20-37(21-10-11-22-39(2,3)4)34(40)26-38-25-30(28-17-18-33-29(24-28)19-23-44-33)35(36(41)42)31(38)15-12-14-27-13-8-9-16-32(27)43-5/h8-9,13,16-18,24,30-31,35H,6-7,10-12,14-15,19-23,25-26H2,1-5H3/p+1/t30-,31+,35-/m1/s1. The van der Waals surface area contributed by atoms with Crippen molar-refractivity contribution in [3.63, 3.8) is 0 Å². The number of likely N-dealkylation sites (tertiary alicyclic amines) is 1. The van der Waals surface area contributed by atoms with Crippen molar-refractivity contribution < 1.29 is 28.7 Å². The highest BCUT2D eigenvalue weighted by atomic mass is 16.5. The van der Waals surface area contributed by atoms with Crippen molar-refractivity contribution in [2.24, 2.45) is 5.92 Å². The van der Waals surface area contributed by atoms with Gasteiger partial charge in [-0.25, -0.2) is 0 Å². The summed E-state index contributed by atoms with van der Waals surface area (Å²) >= 11 is 0. The molecule has 8 heteroatoms. The Kier molecular flexibility index (Phi) is 12.1. The van der Waals surface area contributed by atoms with Gasteiger partial charge in [0.2, 0.25) is 5.91 Å². The minimum Gasteiger partial charge on any atom is -0.496 e. The molecule has 4 rings (SSSR count). The van der Waals surface area contributed by atoms with Crippen molar-refractivity contribution in [1.82, 2.24) is 9.80 Å². The first-order chi connectivity index (χ1) is 21.1. The number of carboxylic acid groups (broad SMARTS) is 1. The van der Waals surface area contributed by atoms with Crippen molar-refractivity contribution in [2.75, 3.05) is 67.6 Å². The SMILES string of the molecule is CCCCN(CCCC[N+](C)(C)C)C(=O)CN1C[C@H](c2ccc3c(c2)CCO3)[C@@H](C(=O)O)[C@@H]1CCCc1ccccc1OC. The number of unbranched alkanes of at least 4 members (excludes halogenated alkanes) is 2. The fourth-order valence-corrected chi connectivity index (χ4v) is 6.91. The highest BCUT2D eigenvalue weighted by Gasteiger charge is 2.47. The van der Waals surface area contributed by atoms with Crippen LogP contribution in [0.15, 0.2) is 42.5 Å². The Morgan fingerprint density at radius 1 is 1.07 bits per heavy atom. The predicted molar refractivity (Wildman–Crippen MR) is 174 cm³/mol. The number of methoxy groups -OCH3 is 1. The number of rotatable bonds is 17. The molecule has 2 aromatic carbocycles. The van der Waals surface area contributed by atoms with E-state index < -0.39 is 11.9 Å². The smallest absolute Gasteiger partial charge is 0.308 e. The molecule has 8 nitrogen and oxygen atoms in total. The summed E-state index contributed by atoms with van der Waals surface area (Å²) in [6.07, 6.45) is 7.21. The molecule has 0 bridgehead atoms. The molecule has 1 saturated heterocycles. The highest BCUT2D eigenvalue weighted by Crippen LogP contribution is 2.41. The van der Waals surface area contributed by atoms with Crippen LogP contribution in [0.5, 0.6) is 11.5 Å². The fraction of sp³-hybridized carbons (Fsp3) is 0.611. The number of hydrogen-bond acceptors (Lipinski definition) is 5. The van der Waals surface area contributed by atoms with Crippen LogP contribution >= 0.6 is 0 Å². The Morgan fingerprint density at radius 3 is 2.57 bits per heavy atom. The molecule has 2 aromatic rings. The number of para-hydroxylation sites is 1. The zero-order valence-electron chi connectivity index (χ0n) is 27.6. The number of aliphatic carboxylic acids is 1. The number of carbonyl (C=O) groups excluding carboxylic acids is 1. The van der Waals surface area contributed by atoms with Crippen LogP contribution in [0.25, 0.3) is 0 Å². The van der Waals surface area contributed by atoms with Crippen LogP contribution in [0.1, 0.15) is 68.1 Å². The second-order valence-electron chi connectivity index (χ2n) is 13.6. The van der Waals surface area contributed by atoms with E-state index in [0.717, 1.165) is 97.3 Å². The Bertz CT molecular complexity index is 1240. The van der Waals surface area contributed by atoms with E-state index in [0.29, 0.717) is 19.6 Å². The molecule has 0 spiro atoms. The van der Waals surface area contributed by atoms with Crippen LogP contribution in [-0.2, 0) is 22.4 Å². The molecule has 2 aliphatic heterocycles. The van der Waals surface area contributed by atoms with Crippen LogP contribution in [0, 0.1) is 5.92 Å². The summed E-state index contributed by atoms with van der Waals surface area (Å²) in [7, 11) is 8.28. The van der Waals surface area contributed by atoms with E-state index in [1.54, 1.807) is 7.11 Å². The lowest BCUT2D eigenvalue weighted by molar-refractivity contribution is -0.870. The first-order valence-corrected chi connectivity index (χ1v) is 16.5. The van der Waals surface area contributed by atoms with Crippen LogP contribution in [0.4, 0.5) is 0 Å². The average Bonchev–Trinajstić information content (AvgIpc) is 3.60. The topological polar surface area (TPSA) is 79.3 Å². The molecule has 1 fully saturated rings. The van der Waals surface area contributed by atoms with E-state index in [1.807, 2.05) is 35.2 Å². The number of benzene rings is 2. The minimum absolute atomic E-state index is 0.116. The zero-order valence-corrected chi connectivity index (χ0v) is 27.6. The maximum absolute atomic E-state index is 13.9. The van der Waals surface area contributed by atoms with Crippen molar-refractivity contribution in [1.29, 1.82) is 0 Å². The number of carboxylic acids is 1. The van der Waals surface area contributed by atoms with E-state index >= 15 is 0 Å². The van der Waals surface area contributed by atoms with Gasteiger partial charge >= 0.3 is 5.97 Å². The molecule has 2 aliphatic rings. The lowest BCUT2D eigenvalue weighted by Gasteiger charge is -2.30. The Morgan fingerprint density at radius 2 is 1.84 bits per heavy atom. The molecule has 0 aromatic heterocycles. The van der Waals surface area contributed by atoms with Gasteiger partial charge in [0, 0.05) is 38.0 Å². The summed E-state index contributed by atoms with van der Waals surface area (Å²) in [6.45, 7) is 6.22. The molecule has 0 aliphatic carbocycles. The van der Waals surface area contributed by atoms with E-state index in [9.17, 15) is 14.7 Å². The molecule has 3 atom stereocenters. The van der Waals surface area contributed by atoms with E-state index in [-0.39, 0.29) is 24.4 Å². The summed E-state index contributed by atoms with van der Waals surface area (Å²) in [4.78, 5) is 31.1. The predicted octanol–water partition coefficient (Wildman–Crippen LogP) is 5.24. The maximum Gasteiger partial charge on any atom is 0.308 e. The van der Waals surface area contributed by atoms with Gasteiger partial charge in [-0.3, -0.25) is 14.5 Å². The van der Waals surface area contributed by atoms with E-state index in [1.165, 1.54) is 0 Å². The number of ether oxygens (including phenoxy) is 2. The molecule has 0 unspecified atom stereocenters. The van der Waals surface area contributed by atoms with Gasteiger partial charge in [0.05, 0.1) is 53.9 Å². The summed E-state index contributed by atoms with van der Waals surface area (Å²) in [6, 6.07) is 13.9. The van der Waals surface area contributed by atoms with Crippen LogP contribution in [-0.4, -0.2) is 105 Å². The molecule has 1 N–H and O–H groups in total.